The van der Waals surface area contributed by atoms with Crippen LogP contribution in [0.1, 0.15) is 26.2 Å². The second kappa shape index (κ2) is 4.19. The molecule has 0 amide bonds. The molecule has 0 rings (SSSR count). The van der Waals surface area contributed by atoms with Gasteiger partial charge in [0.1, 0.15) is 0 Å². The highest BCUT2D eigenvalue weighted by Crippen LogP contribution is 2.34. The topological polar surface area (TPSA) is 0 Å². The maximum atomic E-state index is 12.5. The van der Waals surface area contributed by atoms with Crippen LogP contribution in [0.15, 0.2) is 0 Å². The molecule has 80 valence electrons. The Labute approximate surface area is 71.9 Å². The maximum Gasteiger partial charge on any atom is 0.392 e. The molecule has 0 saturated carbocycles. The Morgan fingerprint density at radius 1 is 1.08 bits per heavy atom. The summed E-state index contributed by atoms with van der Waals surface area (Å²) < 4.78 is 71.8. The largest absolute Gasteiger partial charge is 0.392 e. The third-order valence-electron chi connectivity index (χ3n) is 1.45. The second-order valence-electron chi connectivity index (χ2n) is 2.80. The minimum Gasteiger partial charge on any atom is -0.240 e. The number of halogens is 6. The van der Waals surface area contributed by atoms with E-state index in [2.05, 4.69) is 0 Å². The average Bonchev–Trinajstić information content (AvgIpc) is 1.82. The van der Waals surface area contributed by atoms with Gasteiger partial charge in [-0.2, -0.15) is 13.2 Å². The Balaban J connectivity index is 4.16. The van der Waals surface area contributed by atoms with E-state index in [1.165, 1.54) is 6.92 Å². The van der Waals surface area contributed by atoms with Crippen molar-refractivity contribution in [2.75, 3.05) is 0 Å². The number of hydrogen-bond acceptors (Lipinski definition) is 0. The molecule has 1 atom stereocenters. The van der Waals surface area contributed by atoms with Gasteiger partial charge in [-0.3, -0.25) is 0 Å². The molecule has 0 nitrogen and oxygen atoms in total. The van der Waals surface area contributed by atoms with Crippen molar-refractivity contribution in [1.82, 2.24) is 0 Å². The molecular weight excluding hydrogens is 198 g/mol. The van der Waals surface area contributed by atoms with Gasteiger partial charge in [-0.25, -0.2) is 13.2 Å². The van der Waals surface area contributed by atoms with Crippen molar-refractivity contribution in [2.45, 2.75) is 44.5 Å². The molecule has 0 fully saturated rings. The lowest BCUT2D eigenvalue weighted by Gasteiger charge is -2.20. The van der Waals surface area contributed by atoms with Gasteiger partial charge in [0.25, 0.3) is 5.92 Å². The van der Waals surface area contributed by atoms with E-state index in [0.29, 0.717) is 0 Å². The predicted molar refractivity (Wildman–Crippen MR) is 35.4 cm³/mol. The van der Waals surface area contributed by atoms with Gasteiger partial charge in [-0.15, -0.1) is 0 Å². The molecule has 0 radical (unpaired) electrons. The van der Waals surface area contributed by atoms with Crippen LogP contribution in [0, 0.1) is 0 Å². The standard InChI is InChI=1S/C7H10F6/c1-2-3-6(9,10)5(8)4-7(11,12)13/h5H,2-4H2,1H3/t5-/m0/s1. The van der Waals surface area contributed by atoms with Crippen molar-refractivity contribution in [3.8, 4) is 0 Å². The van der Waals surface area contributed by atoms with Gasteiger partial charge >= 0.3 is 6.18 Å². The Kier molecular flexibility index (Phi) is 4.06. The van der Waals surface area contributed by atoms with E-state index in [4.69, 9.17) is 0 Å². The first kappa shape index (κ1) is 12.6. The first-order chi connectivity index (χ1) is 5.69. The number of rotatable bonds is 4. The monoisotopic (exact) mass is 208 g/mol. The third-order valence-corrected chi connectivity index (χ3v) is 1.45. The van der Waals surface area contributed by atoms with Crippen LogP contribution in [0.2, 0.25) is 0 Å². The molecule has 0 aromatic rings. The van der Waals surface area contributed by atoms with Crippen LogP contribution in [0.3, 0.4) is 0 Å². The summed E-state index contributed by atoms with van der Waals surface area (Å²) in [6.07, 6.45) is -11.0. The third kappa shape index (κ3) is 5.00. The van der Waals surface area contributed by atoms with Gasteiger partial charge in [0, 0.05) is 6.42 Å². The fraction of sp³-hybridized carbons (Fsp3) is 1.00. The summed E-state index contributed by atoms with van der Waals surface area (Å²) in [7, 11) is 0. The molecule has 0 aliphatic rings. The molecule has 0 heterocycles. The molecule has 0 saturated heterocycles. The van der Waals surface area contributed by atoms with Crippen LogP contribution in [0.5, 0.6) is 0 Å². The molecule has 0 aromatic heterocycles. The van der Waals surface area contributed by atoms with Crippen LogP contribution in [-0.4, -0.2) is 18.3 Å². The van der Waals surface area contributed by atoms with Gasteiger partial charge in [0.2, 0.25) is 0 Å². The molecule has 0 aliphatic heterocycles. The molecule has 0 unspecified atom stereocenters. The quantitative estimate of drug-likeness (QED) is 0.618. The van der Waals surface area contributed by atoms with E-state index in [1.54, 1.807) is 0 Å². The van der Waals surface area contributed by atoms with E-state index in [9.17, 15) is 26.3 Å². The van der Waals surface area contributed by atoms with Gasteiger partial charge in [-0.1, -0.05) is 13.3 Å². The maximum absolute atomic E-state index is 12.5. The van der Waals surface area contributed by atoms with Gasteiger partial charge < -0.3 is 0 Å². The van der Waals surface area contributed by atoms with Gasteiger partial charge in [0.15, 0.2) is 6.17 Å². The number of alkyl halides is 6. The van der Waals surface area contributed by atoms with E-state index in [-0.39, 0.29) is 6.42 Å². The average molecular weight is 208 g/mol. The SMILES string of the molecule is CCCC(F)(F)[C@@H](F)CC(F)(F)F. The van der Waals surface area contributed by atoms with E-state index < -0.39 is 31.1 Å². The van der Waals surface area contributed by atoms with Crippen molar-refractivity contribution in [2.24, 2.45) is 0 Å². The lowest BCUT2D eigenvalue weighted by molar-refractivity contribution is -0.178. The highest BCUT2D eigenvalue weighted by atomic mass is 19.4. The Morgan fingerprint density at radius 3 is 1.85 bits per heavy atom. The van der Waals surface area contributed by atoms with Gasteiger partial charge in [0.05, 0.1) is 6.42 Å². The minimum absolute atomic E-state index is 0.0503. The zero-order valence-electron chi connectivity index (χ0n) is 6.97. The Bertz CT molecular complexity index is 150. The summed E-state index contributed by atoms with van der Waals surface area (Å²) in [6.45, 7) is 1.36. The molecule has 0 spiro atoms. The zero-order valence-corrected chi connectivity index (χ0v) is 6.97. The normalized spacial score (nSPS) is 15.9. The Morgan fingerprint density at radius 2 is 1.54 bits per heavy atom. The summed E-state index contributed by atoms with van der Waals surface area (Å²) in [6, 6.07) is 0. The van der Waals surface area contributed by atoms with Crippen LogP contribution in [0.4, 0.5) is 26.3 Å². The summed E-state index contributed by atoms with van der Waals surface area (Å²) in [5.74, 6) is -3.87. The van der Waals surface area contributed by atoms with Crippen LogP contribution >= 0.6 is 0 Å². The van der Waals surface area contributed by atoms with E-state index >= 15 is 0 Å². The van der Waals surface area contributed by atoms with E-state index in [1.807, 2.05) is 0 Å². The Hall–Kier alpha value is -0.420. The molecule has 0 N–H and O–H groups in total. The first-order valence-corrected chi connectivity index (χ1v) is 3.77. The van der Waals surface area contributed by atoms with Gasteiger partial charge in [-0.05, 0) is 0 Å². The first-order valence-electron chi connectivity index (χ1n) is 3.77. The molecule has 0 aliphatic carbocycles. The van der Waals surface area contributed by atoms with Crippen LogP contribution in [-0.2, 0) is 0 Å². The molecule has 0 bridgehead atoms. The molecule has 6 heteroatoms. The summed E-state index contributed by atoms with van der Waals surface area (Å²) in [5.41, 5.74) is 0. The minimum atomic E-state index is -4.88. The van der Waals surface area contributed by atoms with Crippen molar-refractivity contribution in [3.05, 3.63) is 0 Å². The van der Waals surface area contributed by atoms with Crippen LogP contribution < -0.4 is 0 Å². The molecule has 0 aromatic carbocycles. The zero-order chi connectivity index (χ0) is 10.7. The smallest absolute Gasteiger partial charge is 0.240 e. The van der Waals surface area contributed by atoms with Crippen molar-refractivity contribution in [3.63, 3.8) is 0 Å². The summed E-state index contributed by atoms with van der Waals surface area (Å²) >= 11 is 0. The lowest BCUT2D eigenvalue weighted by atomic mass is 10.1. The molecular formula is C7H10F6. The van der Waals surface area contributed by atoms with Crippen molar-refractivity contribution < 1.29 is 26.3 Å². The lowest BCUT2D eigenvalue weighted by Crippen LogP contribution is -2.33. The predicted octanol–water partition coefficient (Wildman–Crippen LogP) is 3.71. The summed E-state index contributed by atoms with van der Waals surface area (Å²) in [4.78, 5) is 0. The van der Waals surface area contributed by atoms with Crippen molar-refractivity contribution in [1.29, 1.82) is 0 Å². The summed E-state index contributed by atoms with van der Waals surface area (Å²) in [5, 5.41) is 0. The highest BCUT2D eigenvalue weighted by molar-refractivity contribution is 4.78. The van der Waals surface area contributed by atoms with E-state index in [0.717, 1.165) is 0 Å². The fourth-order valence-corrected chi connectivity index (χ4v) is 0.842. The number of hydrogen-bond donors (Lipinski definition) is 0. The van der Waals surface area contributed by atoms with Crippen LogP contribution in [0.25, 0.3) is 0 Å². The fourth-order valence-electron chi connectivity index (χ4n) is 0.842. The second-order valence-corrected chi connectivity index (χ2v) is 2.80. The van der Waals surface area contributed by atoms with Crippen molar-refractivity contribution >= 4 is 0 Å². The molecule has 13 heavy (non-hydrogen) atoms. The highest BCUT2D eigenvalue weighted by Gasteiger charge is 2.45.